The molecule has 0 heterocycles. The Morgan fingerprint density at radius 1 is 0.833 bits per heavy atom. The van der Waals surface area contributed by atoms with Crippen molar-refractivity contribution < 1.29 is 16.3 Å². The first-order valence-corrected chi connectivity index (χ1v) is 23.2. The number of rotatable bonds is 0. The molecular weight excluding hydrogens is 427 g/mol. The Labute approximate surface area is 63.8 Å². The summed E-state index contributed by atoms with van der Waals surface area (Å²) in [5.74, 6) is 0. The van der Waals surface area contributed by atoms with E-state index in [0.29, 0.717) is 0 Å². The summed E-state index contributed by atoms with van der Waals surface area (Å²) >= 11 is 13.3. The first kappa shape index (κ1) is 11.5. The van der Waals surface area contributed by atoms with Gasteiger partial charge in [-0.15, -0.1) is 0 Å². The monoisotopic (exact) mass is 424 g/mol. The van der Waals surface area contributed by atoms with Crippen molar-refractivity contribution in [3.8, 4) is 0 Å². The molecule has 0 bridgehead atoms. The molecule has 6 heavy (non-hydrogen) atoms. The molecule has 0 spiro atoms. The molecule has 0 aliphatic heterocycles. The molecule has 0 unspecified atom stereocenters. The fraction of sp³-hybridized carbons (Fsp3) is 0. The van der Waals surface area contributed by atoms with Gasteiger partial charge in [0.15, 0.2) is 0 Å². The summed E-state index contributed by atoms with van der Waals surface area (Å²) in [6, 6.07) is 0. The van der Waals surface area contributed by atoms with Gasteiger partial charge in [-0.2, -0.15) is 0 Å². The maximum absolute atomic E-state index is 3.34. The van der Waals surface area contributed by atoms with Crippen molar-refractivity contribution in [1.29, 1.82) is 0 Å². The van der Waals surface area contributed by atoms with Crippen LogP contribution in [-0.4, -0.2) is 5.48 Å². The third kappa shape index (κ3) is 29.4. The molecule has 0 fully saturated rings. The van der Waals surface area contributed by atoms with Gasteiger partial charge in [0, 0.05) is 0 Å². The standard InChI is InChI=1S/4BrH.H2O.Zr/h4*1H;1H2;/q;;;;;+4/p-4. The van der Waals surface area contributed by atoms with Crippen LogP contribution in [0.1, 0.15) is 0 Å². The van der Waals surface area contributed by atoms with E-state index in [2.05, 4.69) is 48.9 Å². The molecule has 1 nitrogen and oxygen atoms in total. The summed E-state index contributed by atoms with van der Waals surface area (Å²) in [5, 5.41) is 0. The van der Waals surface area contributed by atoms with Gasteiger partial charge in [0.1, 0.15) is 0 Å². The van der Waals surface area contributed by atoms with Crippen molar-refractivity contribution in [1.82, 2.24) is 0 Å². The van der Waals surface area contributed by atoms with Gasteiger partial charge in [-0.05, 0) is 0 Å². The van der Waals surface area contributed by atoms with Crippen LogP contribution in [0.4, 0.5) is 0 Å². The van der Waals surface area contributed by atoms with Crippen LogP contribution in [0.5, 0.6) is 0 Å². The van der Waals surface area contributed by atoms with Crippen LogP contribution in [-0.2, 0) is 10.9 Å². The summed E-state index contributed by atoms with van der Waals surface area (Å²) < 4.78 is 0. The van der Waals surface area contributed by atoms with Crippen molar-refractivity contribution >= 4 is 48.9 Å². The van der Waals surface area contributed by atoms with E-state index in [4.69, 9.17) is 0 Å². The quantitative estimate of drug-likeness (QED) is 0.568. The first-order chi connectivity index (χ1) is 2.00. The molecule has 0 amide bonds. The molecule has 0 rings (SSSR count). The zero-order chi connectivity index (χ0) is 4.50. The third-order valence-corrected chi connectivity index (χ3v) is 0. The second-order valence-corrected chi connectivity index (χ2v) is 68.5. The number of hydrogen-bond donors (Lipinski definition) is 0. The average Bonchev–Trinajstić information content (AvgIpc) is 0.722. The number of hydrogen-bond acceptors (Lipinski definition) is 0. The zero-order valence-electron chi connectivity index (χ0n) is 2.51. The fourth-order valence-corrected chi connectivity index (χ4v) is 0. The molecule has 2 N–H and O–H groups in total. The fourth-order valence-electron chi connectivity index (χ4n) is 0. The van der Waals surface area contributed by atoms with Crippen molar-refractivity contribution in [3.05, 3.63) is 0 Å². The van der Waals surface area contributed by atoms with Gasteiger partial charge in [-0.3, -0.25) is 0 Å². The van der Waals surface area contributed by atoms with Gasteiger partial charge in [-0.1, -0.05) is 0 Å². The molecule has 6 heteroatoms. The van der Waals surface area contributed by atoms with Gasteiger partial charge in [-0.25, -0.2) is 0 Å². The minimum absolute atomic E-state index is 0. The van der Waals surface area contributed by atoms with Crippen LogP contribution < -0.4 is 0 Å². The SMILES string of the molecule is O.[Br][Zr]([Br])([Br])[Br]. The minimum atomic E-state index is -1.93. The third-order valence-electron chi connectivity index (χ3n) is 0. The number of halogens is 4. The second-order valence-electron chi connectivity index (χ2n) is 0.429. The Bertz CT molecular complexity index is 23.0. The Morgan fingerprint density at radius 2 is 0.833 bits per heavy atom. The molecule has 0 aromatic carbocycles. The maximum atomic E-state index is 3.34. The Hall–Kier alpha value is 2.76. The first-order valence-electron chi connectivity index (χ1n) is 0.756. The topological polar surface area (TPSA) is 31.5 Å². The van der Waals surface area contributed by atoms with E-state index in [-0.39, 0.29) is 5.48 Å². The molecule has 0 saturated carbocycles. The van der Waals surface area contributed by atoms with Crippen LogP contribution in [0.2, 0.25) is 0 Å². The molecule has 40 valence electrons. The molecule has 0 aromatic rings. The summed E-state index contributed by atoms with van der Waals surface area (Å²) in [6.45, 7) is 0. The zero-order valence-corrected chi connectivity index (χ0v) is 11.3. The van der Waals surface area contributed by atoms with Crippen LogP contribution in [0.15, 0.2) is 0 Å². The summed E-state index contributed by atoms with van der Waals surface area (Å²) in [7, 11) is -1.93. The normalized spacial score (nSPS) is 10.0. The summed E-state index contributed by atoms with van der Waals surface area (Å²) in [5.41, 5.74) is 0. The predicted octanol–water partition coefficient (Wildman–Crippen LogP) is 2.56. The Morgan fingerprint density at radius 3 is 0.833 bits per heavy atom. The van der Waals surface area contributed by atoms with E-state index >= 15 is 0 Å². The van der Waals surface area contributed by atoms with E-state index in [1.807, 2.05) is 0 Å². The summed E-state index contributed by atoms with van der Waals surface area (Å²) in [4.78, 5) is 0. The molecule has 0 aliphatic carbocycles. The van der Waals surface area contributed by atoms with Crippen LogP contribution in [0.3, 0.4) is 0 Å². The molecule has 0 saturated heterocycles. The van der Waals surface area contributed by atoms with Gasteiger partial charge in [0.2, 0.25) is 0 Å². The van der Waals surface area contributed by atoms with E-state index in [1.165, 1.54) is 0 Å². The Kier molecular flexibility index (Phi) is 8.90. The van der Waals surface area contributed by atoms with Crippen LogP contribution in [0.25, 0.3) is 0 Å². The van der Waals surface area contributed by atoms with Crippen molar-refractivity contribution in [2.75, 3.05) is 0 Å². The van der Waals surface area contributed by atoms with Gasteiger partial charge in [0.25, 0.3) is 0 Å². The van der Waals surface area contributed by atoms with Crippen LogP contribution >= 0.6 is 48.9 Å². The van der Waals surface area contributed by atoms with E-state index in [0.717, 1.165) is 0 Å². The van der Waals surface area contributed by atoms with Crippen molar-refractivity contribution in [2.24, 2.45) is 0 Å². The average molecular weight is 429 g/mol. The molecule has 0 atom stereocenters. The van der Waals surface area contributed by atoms with E-state index < -0.39 is 10.9 Å². The van der Waals surface area contributed by atoms with Gasteiger partial charge in [0.05, 0.1) is 0 Å². The van der Waals surface area contributed by atoms with Gasteiger partial charge < -0.3 is 5.48 Å². The molecule has 0 radical (unpaired) electrons. The van der Waals surface area contributed by atoms with E-state index in [9.17, 15) is 0 Å². The van der Waals surface area contributed by atoms with E-state index in [1.54, 1.807) is 0 Å². The molecular formula is H2Br4OZr. The van der Waals surface area contributed by atoms with Crippen molar-refractivity contribution in [3.63, 3.8) is 0 Å². The summed E-state index contributed by atoms with van der Waals surface area (Å²) in [6.07, 6.45) is 0. The molecule has 0 aromatic heterocycles. The Balaban J connectivity index is 0. The predicted molar refractivity (Wildman–Crippen MR) is 39.3 cm³/mol. The van der Waals surface area contributed by atoms with Gasteiger partial charge >= 0.3 is 59.7 Å². The molecule has 0 aliphatic rings. The van der Waals surface area contributed by atoms with Crippen molar-refractivity contribution in [2.45, 2.75) is 0 Å². The van der Waals surface area contributed by atoms with Crippen LogP contribution in [0, 0.1) is 0 Å². The second kappa shape index (κ2) is 4.62.